The molecule has 0 bridgehead atoms. The predicted octanol–water partition coefficient (Wildman–Crippen LogP) is 6.62. The summed E-state index contributed by atoms with van der Waals surface area (Å²) in [6, 6.07) is 22.2. The van der Waals surface area contributed by atoms with Gasteiger partial charge in [-0.2, -0.15) is 0 Å². The highest BCUT2D eigenvalue weighted by molar-refractivity contribution is 7.99. The van der Waals surface area contributed by atoms with Crippen LogP contribution < -0.4 is 20.3 Å². The van der Waals surface area contributed by atoms with E-state index in [4.69, 9.17) is 33.0 Å². The number of pyridine rings is 1. The van der Waals surface area contributed by atoms with E-state index in [-0.39, 0.29) is 18.0 Å². The average Bonchev–Trinajstić information content (AvgIpc) is 3.49. The lowest BCUT2D eigenvalue weighted by Gasteiger charge is -2.27. The number of furan rings is 1. The Balaban J connectivity index is 1.54. The number of methoxy groups -OCH3 is 1. The smallest absolute Gasteiger partial charge is 0.221 e. The molecule has 0 saturated carbocycles. The summed E-state index contributed by atoms with van der Waals surface area (Å²) in [6.45, 7) is 1.46. The van der Waals surface area contributed by atoms with Crippen molar-refractivity contribution >= 4 is 58.0 Å². The minimum absolute atomic E-state index is 0.199. The van der Waals surface area contributed by atoms with Gasteiger partial charge in [-0.25, -0.2) is 0 Å². The SMILES string of the molecule is COc1ccc(N2C(=S)N[C@@H](c3ccccn3)[C@@H]2c2ccc(Sc3ccc(Cl)cc3)o2)cc1NC(C)=O. The van der Waals surface area contributed by atoms with Crippen LogP contribution in [0.5, 0.6) is 5.75 Å². The van der Waals surface area contributed by atoms with Crippen LogP contribution in [0.4, 0.5) is 11.4 Å². The maximum absolute atomic E-state index is 11.8. The van der Waals surface area contributed by atoms with Gasteiger partial charge in [-0.1, -0.05) is 29.4 Å². The number of hydrogen-bond donors (Lipinski definition) is 2. The Morgan fingerprint density at radius 2 is 1.97 bits per heavy atom. The van der Waals surface area contributed by atoms with Crippen LogP contribution in [0.1, 0.15) is 30.5 Å². The molecule has 2 aromatic heterocycles. The molecule has 188 valence electrons. The molecule has 0 spiro atoms. The molecular weight excluding hydrogens is 528 g/mol. The fraction of sp³-hybridized carbons (Fsp3) is 0.148. The summed E-state index contributed by atoms with van der Waals surface area (Å²) in [4.78, 5) is 19.4. The van der Waals surface area contributed by atoms with Gasteiger partial charge < -0.3 is 24.7 Å². The van der Waals surface area contributed by atoms with E-state index < -0.39 is 0 Å². The summed E-state index contributed by atoms with van der Waals surface area (Å²) in [5.74, 6) is 1.07. The molecule has 0 radical (unpaired) electrons. The molecule has 1 saturated heterocycles. The van der Waals surface area contributed by atoms with E-state index in [1.807, 2.05) is 71.6 Å². The van der Waals surface area contributed by atoms with Crippen LogP contribution in [-0.4, -0.2) is 23.1 Å². The number of aromatic nitrogens is 1. The van der Waals surface area contributed by atoms with Gasteiger partial charge in [-0.05, 0) is 78.9 Å². The van der Waals surface area contributed by atoms with Crippen molar-refractivity contribution in [2.75, 3.05) is 17.3 Å². The Kier molecular flexibility index (Phi) is 7.36. The summed E-state index contributed by atoms with van der Waals surface area (Å²) in [5, 5.41) is 8.19. The van der Waals surface area contributed by atoms with Crippen molar-refractivity contribution in [3.8, 4) is 5.75 Å². The van der Waals surface area contributed by atoms with E-state index in [1.54, 1.807) is 19.4 Å². The van der Waals surface area contributed by atoms with Gasteiger partial charge in [0.15, 0.2) is 10.2 Å². The lowest BCUT2D eigenvalue weighted by atomic mass is 10.0. The first kappa shape index (κ1) is 25.1. The lowest BCUT2D eigenvalue weighted by Crippen LogP contribution is -2.29. The van der Waals surface area contributed by atoms with Gasteiger partial charge in [0.1, 0.15) is 17.6 Å². The summed E-state index contributed by atoms with van der Waals surface area (Å²) >= 11 is 13.3. The predicted molar refractivity (Wildman–Crippen MR) is 150 cm³/mol. The average molecular weight is 551 g/mol. The van der Waals surface area contributed by atoms with Crippen molar-refractivity contribution in [3.63, 3.8) is 0 Å². The highest BCUT2D eigenvalue weighted by Gasteiger charge is 2.42. The van der Waals surface area contributed by atoms with Crippen molar-refractivity contribution in [1.29, 1.82) is 0 Å². The molecule has 0 aliphatic carbocycles. The zero-order valence-corrected chi connectivity index (χ0v) is 22.4. The second-order valence-corrected chi connectivity index (χ2v) is 10.2. The van der Waals surface area contributed by atoms with Crippen LogP contribution in [0.25, 0.3) is 0 Å². The van der Waals surface area contributed by atoms with Crippen molar-refractivity contribution in [2.45, 2.75) is 29.0 Å². The lowest BCUT2D eigenvalue weighted by molar-refractivity contribution is -0.114. The third-order valence-electron chi connectivity index (χ3n) is 5.80. The highest BCUT2D eigenvalue weighted by Crippen LogP contribution is 2.44. The maximum Gasteiger partial charge on any atom is 0.221 e. The van der Waals surface area contributed by atoms with Crippen LogP contribution in [0, 0.1) is 0 Å². The van der Waals surface area contributed by atoms with Gasteiger partial charge in [0.05, 0.1) is 24.5 Å². The molecular formula is C27H23ClN4O3S2. The number of thiocarbonyl (C=S) groups is 1. The Labute approximate surface area is 229 Å². The first-order valence-electron chi connectivity index (χ1n) is 11.4. The molecule has 5 rings (SSSR count). The Morgan fingerprint density at radius 3 is 2.68 bits per heavy atom. The molecule has 1 fully saturated rings. The quantitative estimate of drug-likeness (QED) is 0.248. The van der Waals surface area contributed by atoms with Gasteiger partial charge in [0.25, 0.3) is 0 Å². The number of carbonyl (C=O) groups excluding carboxylic acids is 1. The first-order valence-corrected chi connectivity index (χ1v) is 13.0. The van der Waals surface area contributed by atoms with Gasteiger partial charge in [0.2, 0.25) is 5.91 Å². The monoisotopic (exact) mass is 550 g/mol. The second kappa shape index (κ2) is 10.8. The van der Waals surface area contributed by atoms with Crippen molar-refractivity contribution in [3.05, 3.63) is 95.5 Å². The van der Waals surface area contributed by atoms with Crippen molar-refractivity contribution in [2.24, 2.45) is 0 Å². The number of ether oxygens (including phenoxy) is 1. The van der Waals surface area contributed by atoms with E-state index in [9.17, 15) is 4.79 Å². The number of anilines is 2. The summed E-state index contributed by atoms with van der Waals surface area (Å²) < 4.78 is 11.8. The van der Waals surface area contributed by atoms with Crippen LogP contribution in [0.15, 0.2) is 93.4 Å². The van der Waals surface area contributed by atoms with Crippen LogP contribution in [-0.2, 0) is 4.79 Å². The molecule has 1 aliphatic rings. The van der Waals surface area contributed by atoms with Crippen LogP contribution in [0.2, 0.25) is 5.02 Å². The van der Waals surface area contributed by atoms with E-state index >= 15 is 0 Å². The number of nitrogens with zero attached hydrogens (tertiary/aromatic N) is 2. The molecule has 2 N–H and O–H groups in total. The molecule has 2 atom stereocenters. The molecule has 10 heteroatoms. The normalized spacial score (nSPS) is 16.9. The van der Waals surface area contributed by atoms with Crippen molar-refractivity contribution in [1.82, 2.24) is 10.3 Å². The van der Waals surface area contributed by atoms with Gasteiger partial charge in [-0.15, -0.1) is 0 Å². The van der Waals surface area contributed by atoms with Gasteiger partial charge >= 0.3 is 0 Å². The molecule has 7 nitrogen and oxygen atoms in total. The number of rotatable bonds is 7. The number of nitrogens with one attached hydrogen (secondary N) is 2. The largest absolute Gasteiger partial charge is 0.495 e. The molecule has 1 aliphatic heterocycles. The van der Waals surface area contributed by atoms with Crippen molar-refractivity contribution < 1.29 is 13.9 Å². The number of halogens is 1. The van der Waals surface area contributed by atoms with Crippen LogP contribution in [0.3, 0.4) is 0 Å². The van der Waals surface area contributed by atoms with E-state index in [2.05, 4.69) is 15.6 Å². The van der Waals surface area contributed by atoms with E-state index in [1.165, 1.54) is 18.7 Å². The highest BCUT2D eigenvalue weighted by atomic mass is 35.5. The minimum Gasteiger partial charge on any atom is -0.495 e. The van der Waals surface area contributed by atoms with Gasteiger partial charge in [0, 0.05) is 28.7 Å². The second-order valence-electron chi connectivity index (χ2n) is 8.28. The minimum atomic E-state index is -0.333. The summed E-state index contributed by atoms with van der Waals surface area (Å²) in [7, 11) is 1.56. The zero-order chi connectivity index (χ0) is 25.9. The van der Waals surface area contributed by atoms with E-state index in [0.29, 0.717) is 21.6 Å². The maximum atomic E-state index is 11.8. The Bertz CT molecular complexity index is 1430. The number of benzene rings is 2. The zero-order valence-electron chi connectivity index (χ0n) is 20.0. The molecule has 0 unspecified atom stereocenters. The fourth-order valence-corrected chi connectivity index (χ4v) is 5.47. The molecule has 37 heavy (non-hydrogen) atoms. The van der Waals surface area contributed by atoms with Gasteiger partial charge in [-0.3, -0.25) is 9.78 Å². The molecule has 4 aromatic rings. The standard InChI is InChI=1S/C27H23ClN4O3S2/c1-16(33)30-21-15-18(8-11-22(21)34-2)32-26(25(31-27(32)36)20-5-3-4-14-29-20)23-12-13-24(35-23)37-19-9-6-17(28)7-10-19/h3-15,25-26H,1-2H3,(H,30,33)(H,31,36)/t25-,26-/m0/s1. The third-order valence-corrected chi connectivity index (χ3v) is 7.29. The fourth-order valence-electron chi connectivity index (χ4n) is 4.22. The van der Waals surface area contributed by atoms with Crippen LogP contribution >= 0.6 is 35.6 Å². The Hall–Kier alpha value is -3.53. The molecule has 2 aromatic carbocycles. The molecule has 1 amide bonds. The third kappa shape index (κ3) is 5.44. The first-order chi connectivity index (χ1) is 17.9. The topological polar surface area (TPSA) is 79.6 Å². The summed E-state index contributed by atoms with van der Waals surface area (Å²) in [6.07, 6.45) is 1.76. The molecule has 3 heterocycles. The number of hydrogen-bond acceptors (Lipinski definition) is 6. The Morgan fingerprint density at radius 1 is 1.16 bits per heavy atom. The number of amides is 1. The van der Waals surface area contributed by atoms with E-state index in [0.717, 1.165) is 27.1 Å². The summed E-state index contributed by atoms with van der Waals surface area (Å²) in [5.41, 5.74) is 2.15. The number of carbonyl (C=O) groups is 1.